The van der Waals surface area contributed by atoms with E-state index in [1.807, 2.05) is 18.2 Å². The van der Waals surface area contributed by atoms with Crippen LogP contribution in [0.25, 0.3) is 10.9 Å². The van der Waals surface area contributed by atoms with Crippen molar-refractivity contribution in [2.45, 2.75) is 26.2 Å². The van der Waals surface area contributed by atoms with Crippen molar-refractivity contribution >= 4 is 16.6 Å². The van der Waals surface area contributed by atoms with Crippen molar-refractivity contribution < 1.29 is 9.47 Å². The molecule has 20 heavy (non-hydrogen) atoms. The molecule has 0 saturated heterocycles. The summed E-state index contributed by atoms with van der Waals surface area (Å²) in [5, 5.41) is 0.851. The van der Waals surface area contributed by atoms with Crippen LogP contribution in [-0.2, 0) is 5.41 Å². The number of benzene rings is 1. The molecule has 2 rings (SSSR count). The summed E-state index contributed by atoms with van der Waals surface area (Å²) >= 11 is 0. The van der Waals surface area contributed by atoms with Gasteiger partial charge < -0.3 is 14.9 Å². The number of nitrogens with two attached hydrogens (primary N) is 1. The second-order valence-corrected chi connectivity index (χ2v) is 5.67. The summed E-state index contributed by atoms with van der Waals surface area (Å²) in [6.45, 7) is 6.33. The van der Waals surface area contributed by atoms with Crippen LogP contribution in [0.4, 0.5) is 5.69 Å². The molecule has 108 valence electrons. The van der Waals surface area contributed by atoms with Crippen molar-refractivity contribution in [3.05, 3.63) is 23.9 Å². The van der Waals surface area contributed by atoms with E-state index in [1.165, 1.54) is 0 Å². The van der Waals surface area contributed by atoms with Crippen LogP contribution in [0.15, 0.2) is 18.2 Å². The van der Waals surface area contributed by atoms with Gasteiger partial charge in [0, 0.05) is 23.2 Å². The summed E-state index contributed by atoms with van der Waals surface area (Å²) in [4.78, 5) is 4.72. The van der Waals surface area contributed by atoms with E-state index in [2.05, 4.69) is 26.2 Å². The molecule has 3 N–H and O–H groups in total. The molecule has 5 nitrogen and oxygen atoms in total. The summed E-state index contributed by atoms with van der Waals surface area (Å²) in [7, 11) is 3.24. The maximum absolute atomic E-state index is 5.66. The molecule has 1 heterocycles. The van der Waals surface area contributed by atoms with E-state index in [-0.39, 0.29) is 5.41 Å². The summed E-state index contributed by atoms with van der Waals surface area (Å²) in [6, 6.07) is 5.66. The molecule has 1 aromatic heterocycles. The van der Waals surface area contributed by atoms with Gasteiger partial charge in [-0.25, -0.2) is 0 Å². The Balaban J connectivity index is 2.83. The molecule has 1 aromatic carbocycles. The number of nitrogen functional groups attached to an aromatic ring is 1. The molecule has 0 amide bonds. The Labute approximate surface area is 119 Å². The summed E-state index contributed by atoms with van der Waals surface area (Å²) in [6.07, 6.45) is 0. The molecule has 0 spiro atoms. The van der Waals surface area contributed by atoms with E-state index in [4.69, 9.17) is 20.3 Å². The minimum Gasteiger partial charge on any atom is -0.497 e. The van der Waals surface area contributed by atoms with Crippen molar-refractivity contribution in [3.63, 3.8) is 0 Å². The SMILES string of the molecule is COc1cc(OC)c2c(NN)cc(C(C)(C)C)nc2c1. The molecular weight excluding hydrogens is 254 g/mol. The quantitative estimate of drug-likeness (QED) is 0.666. The lowest BCUT2D eigenvalue weighted by molar-refractivity contribution is 0.398. The Morgan fingerprint density at radius 3 is 2.30 bits per heavy atom. The van der Waals surface area contributed by atoms with E-state index in [1.54, 1.807) is 14.2 Å². The lowest BCUT2D eigenvalue weighted by Crippen LogP contribution is -2.16. The van der Waals surface area contributed by atoms with Crippen LogP contribution >= 0.6 is 0 Å². The number of methoxy groups -OCH3 is 2. The van der Waals surface area contributed by atoms with Crippen LogP contribution < -0.4 is 20.7 Å². The third kappa shape index (κ3) is 2.49. The molecule has 0 aliphatic rings. The van der Waals surface area contributed by atoms with Gasteiger partial charge in [-0.15, -0.1) is 0 Å². The number of pyridine rings is 1. The number of hydrogen-bond donors (Lipinski definition) is 2. The van der Waals surface area contributed by atoms with Gasteiger partial charge in [-0.05, 0) is 6.07 Å². The number of aromatic nitrogens is 1. The van der Waals surface area contributed by atoms with E-state index >= 15 is 0 Å². The highest BCUT2D eigenvalue weighted by atomic mass is 16.5. The van der Waals surface area contributed by atoms with Gasteiger partial charge >= 0.3 is 0 Å². The maximum Gasteiger partial charge on any atom is 0.134 e. The van der Waals surface area contributed by atoms with E-state index < -0.39 is 0 Å². The zero-order chi connectivity index (χ0) is 14.9. The number of nitrogens with zero attached hydrogens (tertiary/aromatic N) is 1. The molecule has 5 heteroatoms. The number of ether oxygens (including phenoxy) is 2. The van der Waals surface area contributed by atoms with Crippen molar-refractivity contribution in [2.24, 2.45) is 5.84 Å². The zero-order valence-corrected chi connectivity index (χ0v) is 12.6. The van der Waals surface area contributed by atoms with Crippen LogP contribution in [-0.4, -0.2) is 19.2 Å². The summed E-state index contributed by atoms with van der Waals surface area (Å²) < 4.78 is 10.7. The highest BCUT2D eigenvalue weighted by Gasteiger charge is 2.20. The predicted molar refractivity (Wildman–Crippen MR) is 81.4 cm³/mol. The normalized spacial score (nSPS) is 11.5. The van der Waals surface area contributed by atoms with Crippen molar-refractivity contribution in [1.82, 2.24) is 4.98 Å². The Kier molecular flexibility index (Phi) is 3.72. The first kappa shape index (κ1) is 14.4. The van der Waals surface area contributed by atoms with Gasteiger partial charge in [-0.1, -0.05) is 20.8 Å². The number of fused-ring (bicyclic) bond motifs is 1. The van der Waals surface area contributed by atoms with Gasteiger partial charge in [-0.2, -0.15) is 0 Å². The van der Waals surface area contributed by atoms with Gasteiger partial charge in [0.1, 0.15) is 11.5 Å². The molecule has 0 bridgehead atoms. The zero-order valence-electron chi connectivity index (χ0n) is 12.6. The smallest absolute Gasteiger partial charge is 0.134 e. The van der Waals surface area contributed by atoms with Crippen molar-refractivity contribution in [3.8, 4) is 11.5 Å². The second kappa shape index (κ2) is 5.17. The highest BCUT2D eigenvalue weighted by molar-refractivity contribution is 5.97. The maximum atomic E-state index is 5.66. The van der Waals surface area contributed by atoms with E-state index in [0.717, 1.165) is 22.3 Å². The average Bonchev–Trinajstić information content (AvgIpc) is 2.43. The molecule has 2 aromatic rings. The Hall–Kier alpha value is -2.01. The molecule has 0 radical (unpaired) electrons. The topological polar surface area (TPSA) is 69.4 Å². The van der Waals surface area contributed by atoms with Crippen molar-refractivity contribution in [1.29, 1.82) is 0 Å². The summed E-state index contributed by atoms with van der Waals surface area (Å²) in [5.74, 6) is 7.04. The largest absolute Gasteiger partial charge is 0.497 e. The second-order valence-electron chi connectivity index (χ2n) is 5.67. The van der Waals surface area contributed by atoms with Gasteiger partial charge in [0.05, 0.1) is 30.8 Å². The molecular formula is C15H21N3O2. The van der Waals surface area contributed by atoms with E-state index in [9.17, 15) is 0 Å². The fraction of sp³-hybridized carbons (Fsp3) is 0.400. The number of hydrazine groups is 1. The lowest BCUT2D eigenvalue weighted by atomic mass is 9.90. The number of rotatable bonds is 3. The van der Waals surface area contributed by atoms with Gasteiger partial charge in [-0.3, -0.25) is 10.8 Å². The third-order valence-electron chi connectivity index (χ3n) is 3.23. The van der Waals surface area contributed by atoms with Crippen LogP contribution in [0.5, 0.6) is 11.5 Å². The number of nitrogens with one attached hydrogen (secondary N) is 1. The van der Waals surface area contributed by atoms with Crippen LogP contribution in [0.3, 0.4) is 0 Å². The van der Waals surface area contributed by atoms with Crippen molar-refractivity contribution in [2.75, 3.05) is 19.6 Å². The number of anilines is 1. The Morgan fingerprint density at radius 1 is 1.10 bits per heavy atom. The Bertz CT molecular complexity index is 633. The lowest BCUT2D eigenvalue weighted by Gasteiger charge is -2.21. The van der Waals surface area contributed by atoms with Gasteiger partial charge in [0.15, 0.2) is 0 Å². The van der Waals surface area contributed by atoms with Crippen LogP contribution in [0, 0.1) is 0 Å². The first-order valence-corrected chi connectivity index (χ1v) is 6.44. The molecule has 0 fully saturated rings. The minimum atomic E-state index is -0.0733. The molecule has 0 saturated carbocycles. The summed E-state index contributed by atoms with van der Waals surface area (Å²) in [5.41, 5.74) is 5.20. The van der Waals surface area contributed by atoms with Crippen LogP contribution in [0.1, 0.15) is 26.5 Å². The standard InChI is InChI=1S/C15H21N3O2/c1-15(2,3)13-8-11(18-16)14-10(17-13)6-9(19-4)7-12(14)20-5/h6-8H,16H2,1-5H3,(H,17,18). The fourth-order valence-electron chi connectivity index (χ4n) is 2.08. The Morgan fingerprint density at radius 2 is 1.80 bits per heavy atom. The van der Waals surface area contributed by atoms with Crippen LogP contribution in [0.2, 0.25) is 0 Å². The fourth-order valence-corrected chi connectivity index (χ4v) is 2.08. The molecule has 0 aliphatic carbocycles. The van der Waals surface area contributed by atoms with E-state index in [0.29, 0.717) is 11.5 Å². The minimum absolute atomic E-state index is 0.0733. The number of hydrogen-bond acceptors (Lipinski definition) is 5. The third-order valence-corrected chi connectivity index (χ3v) is 3.23. The monoisotopic (exact) mass is 275 g/mol. The van der Waals surface area contributed by atoms with Gasteiger partial charge in [0.2, 0.25) is 0 Å². The highest BCUT2D eigenvalue weighted by Crippen LogP contribution is 2.37. The molecule has 0 atom stereocenters. The van der Waals surface area contributed by atoms with Gasteiger partial charge in [0.25, 0.3) is 0 Å². The first-order valence-electron chi connectivity index (χ1n) is 6.44. The molecule has 0 unspecified atom stereocenters. The first-order chi connectivity index (χ1) is 9.40. The predicted octanol–water partition coefficient (Wildman–Crippen LogP) is 2.84. The molecule has 0 aliphatic heterocycles. The average molecular weight is 275 g/mol.